The van der Waals surface area contributed by atoms with Crippen LogP contribution in [0.4, 0.5) is 11.4 Å². The van der Waals surface area contributed by atoms with Gasteiger partial charge in [-0.2, -0.15) is 0 Å². The summed E-state index contributed by atoms with van der Waals surface area (Å²) in [6.45, 7) is 2.46. The van der Waals surface area contributed by atoms with E-state index in [1.165, 1.54) is 0 Å². The summed E-state index contributed by atoms with van der Waals surface area (Å²) in [7, 11) is 0. The van der Waals surface area contributed by atoms with Gasteiger partial charge < -0.3 is 25.0 Å². The Balaban J connectivity index is 1.43. The first-order chi connectivity index (χ1) is 15.9. The molecule has 1 saturated heterocycles. The third kappa shape index (κ3) is 5.20. The number of hydrogen-bond acceptors (Lipinski definition) is 5. The van der Waals surface area contributed by atoms with Gasteiger partial charge in [-0.25, -0.2) is 0 Å². The third-order valence-corrected chi connectivity index (χ3v) is 6.50. The van der Waals surface area contributed by atoms with Crippen molar-refractivity contribution in [3.05, 3.63) is 71.3 Å². The lowest BCUT2D eigenvalue weighted by atomic mass is 9.82. The van der Waals surface area contributed by atoms with Crippen LogP contribution < -0.4 is 15.3 Å². The van der Waals surface area contributed by atoms with Crippen molar-refractivity contribution >= 4 is 40.8 Å². The Bertz CT molecular complexity index is 1060. The van der Waals surface area contributed by atoms with Crippen molar-refractivity contribution in [3.8, 4) is 0 Å². The fourth-order valence-electron chi connectivity index (χ4n) is 4.36. The Morgan fingerprint density at radius 2 is 1.52 bits per heavy atom. The average molecular weight is 467 g/mol. The van der Waals surface area contributed by atoms with E-state index in [4.69, 9.17) is 11.6 Å². The summed E-state index contributed by atoms with van der Waals surface area (Å²) in [5.41, 5.74) is 1.84. The van der Waals surface area contributed by atoms with E-state index in [0.717, 1.165) is 5.69 Å². The van der Waals surface area contributed by atoms with Gasteiger partial charge in [-0.3, -0.25) is 9.59 Å². The second kappa shape index (κ2) is 10.1. The lowest BCUT2D eigenvalue weighted by Crippen LogP contribution is -2.49. The molecule has 1 heterocycles. The number of aliphatic carboxylic acids is 1. The number of halogens is 1. The Morgan fingerprint density at radius 1 is 0.879 bits per heavy atom. The van der Waals surface area contributed by atoms with Crippen LogP contribution in [0.2, 0.25) is 5.02 Å². The number of carboxylic acid groups (broad SMARTS) is 1. The fourth-order valence-corrected chi connectivity index (χ4v) is 4.48. The molecule has 1 aliphatic carbocycles. The van der Waals surface area contributed by atoms with Gasteiger partial charge in [0, 0.05) is 48.8 Å². The molecule has 2 amide bonds. The molecule has 1 N–H and O–H groups in total. The highest BCUT2D eigenvalue weighted by Gasteiger charge is 2.31. The zero-order valence-corrected chi connectivity index (χ0v) is 18.8. The predicted molar refractivity (Wildman–Crippen MR) is 125 cm³/mol. The number of nitrogens with one attached hydrogen (secondary N) is 1. The number of rotatable bonds is 5. The Kier molecular flexibility index (Phi) is 6.99. The van der Waals surface area contributed by atoms with E-state index in [1.54, 1.807) is 41.3 Å². The minimum absolute atomic E-state index is 0.165. The van der Waals surface area contributed by atoms with Crippen LogP contribution in [0.1, 0.15) is 23.2 Å². The molecule has 2 aromatic rings. The van der Waals surface area contributed by atoms with Crippen LogP contribution in [0.15, 0.2) is 60.7 Å². The molecular formula is C25H25ClN3O4-. The van der Waals surface area contributed by atoms with Crippen molar-refractivity contribution in [1.29, 1.82) is 0 Å². The number of amides is 2. The van der Waals surface area contributed by atoms with Crippen molar-refractivity contribution in [3.63, 3.8) is 0 Å². The minimum Gasteiger partial charge on any atom is -0.550 e. The number of carbonyl (C=O) groups excluding carboxylic acids is 3. The van der Waals surface area contributed by atoms with E-state index in [0.29, 0.717) is 48.9 Å². The fraction of sp³-hybridized carbons (Fsp3) is 0.320. The lowest BCUT2D eigenvalue weighted by Gasteiger charge is -2.36. The second-order valence-corrected chi connectivity index (χ2v) is 8.70. The Morgan fingerprint density at radius 3 is 2.18 bits per heavy atom. The van der Waals surface area contributed by atoms with E-state index in [1.807, 2.05) is 24.3 Å². The van der Waals surface area contributed by atoms with Crippen molar-refractivity contribution in [1.82, 2.24) is 4.90 Å². The number of hydrogen-bond donors (Lipinski definition) is 1. The number of benzene rings is 2. The van der Waals surface area contributed by atoms with E-state index >= 15 is 0 Å². The zero-order chi connectivity index (χ0) is 23.4. The maximum Gasteiger partial charge on any atom is 0.256 e. The molecule has 0 radical (unpaired) electrons. The molecule has 0 saturated carbocycles. The first-order valence-corrected chi connectivity index (χ1v) is 11.4. The van der Waals surface area contributed by atoms with Crippen LogP contribution in [0.3, 0.4) is 0 Å². The van der Waals surface area contributed by atoms with Crippen LogP contribution in [-0.2, 0) is 9.59 Å². The number of anilines is 2. The minimum atomic E-state index is -1.23. The second-order valence-electron chi connectivity index (χ2n) is 8.27. The normalized spacial score (nSPS) is 20.4. The molecule has 0 unspecified atom stereocenters. The van der Waals surface area contributed by atoms with Gasteiger partial charge in [-0.1, -0.05) is 35.9 Å². The molecule has 0 bridgehead atoms. The number of piperazine rings is 1. The van der Waals surface area contributed by atoms with Gasteiger partial charge in [0.2, 0.25) is 5.91 Å². The number of carbonyl (C=O) groups is 3. The SMILES string of the molecule is O=C([O-])[C@H]1CC=CC[C@@H]1C(=O)Nc1ccccc1C(=O)N1CCN(c2ccc(Cl)cc2)CC1. The molecule has 7 nitrogen and oxygen atoms in total. The predicted octanol–water partition coefficient (Wildman–Crippen LogP) is 2.57. The van der Waals surface area contributed by atoms with Gasteiger partial charge in [-0.15, -0.1) is 0 Å². The topological polar surface area (TPSA) is 92.8 Å². The number of allylic oxidation sites excluding steroid dienone is 2. The first-order valence-electron chi connectivity index (χ1n) is 11.0. The summed E-state index contributed by atoms with van der Waals surface area (Å²) in [5, 5.41) is 14.9. The van der Waals surface area contributed by atoms with Gasteiger partial charge in [0.05, 0.1) is 17.2 Å². The summed E-state index contributed by atoms with van der Waals surface area (Å²) in [4.78, 5) is 41.6. The number of nitrogens with zero attached hydrogens (tertiary/aromatic N) is 2. The smallest absolute Gasteiger partial charge is 0.256 e. The van der Waals surface area contributed by atoms with Crippen molar-refractivity contribution < 1.29 is 19.5 Å². The van der Waals surface area contributed by atoms with Gasteiger partial charge in [0.15, 0.2) is 0 Å². The standard InChI is InChI=1S/C25H26ClN3O4/c26-17-9-11-18(12-10-17)28-13-15-29(16-14-28)24(31)21-7-3-4-8-22(21)27-23(30)19-5-1-2-6-20(19)25(32)33/h1-4,7-12,19-20H,5-6,13-16H2,(H,27,30)(H,32,33)/p-1/t19-,20-/m0/s1. The summed E-state index contributed by atoms with van der Waals surface area (Å²) >= 11 is 5.97. The molecule has 0 aromatic heterocycles. The monoisotopic (exact) mass is 466 g/mol. The molecule has 0 spiro atoms. The highest BCUT2D eigenvalue weighted by molar-refractivity contribution is 6.30. The maximum atomic E-state index is 13.3. The lowest BCUT2D eigenvalue weighted by molar-refractivity contribution is -0.313. The highest BCUT2D eigenvalue weighted by Crippen LogP contribution is 2.28. The van der Waals surface area contributed by atoms with Crippen molar-refractivity contribution in [2.75, 3.05) is 36.4 Å². The summed E-state index contributed by atoms with van der Waals surface area (Å²) < 4.78 is 0. The molecule has 2 aromatic carbocycles. The van der Waals surface area contributed by atoms with E-state index in [-0.39, 0.29) is 12.3 Å². The number of para-hydroxylation sites is 1. The van der Waals surface area contributed by atoms with Crippen molar-refractivity contribution in [2.45, 2.75) is 12.8 Å². The largest absolute Gasteiger partial charge is 0.550 e. The average Bonchev–Trinajstić information content (AvgIpc) is 2.84. The van der Waals surface area contributed by atoms with Crippen LogP contribution in [-0.4, -0.2) is 48.9 Å². The molecule has 172 valence electrons. The van der Waals surface area contributed by atoms with Crippen LogP contribution >= 0.6 is 11.6 Å². The van der Waals surface area contributed by atoms with Gasteiger partial charge in [-0.05, 0) is 49.2 Å². The van der Waals surface area contributed by atoms with Gasteiger partial charge in [0.1, 0.15) is 0 Å². The third-order valence-electron chi connectivity index (χ3n) is 6.25. The highest BCUT2D eigenvalue weighted by atomic mass is 35.5. The summed E-state index contributed by atoms with van der Waals surface area (Å²) in [5.74, 6) is -3.42. The van der Waals surface area contributed by atoms with E-state index in [2.05, 4.69) is 10.2 Å². The summed E-state index contributed by atoms with van der Waals surface area (Å²) in [6.07, 6.45) is 4.15. The molecule has 8 heteroatoms. The van der Waals surface area contributed by atoms with Gasteiger partial charge >= 0.3 is 0 Å². The van der Waals surface area contributed by atoms with Gasteiger partial charge in [0.25, 0.3) is 5.91 Å². The summed E-state index contributed by atoms with van der Waals surface area (Å²) in [6, 6.07) is 14.5. The first kappa shape index (κ1) is 22.9. The molecular weight excluding hydrogens is 442 g/mol. The van der Waals surface area contributed by atoms with Crippen LogP contribution in [0.25, 0.3) is 0 Å². The van der Waals surface area contributed by atoms with Crippen molar-refractivity contribution in [2.24, 2.45) is 11.8 Å². The molecule has 1 aliphatic heterocycles. The van der Waals surface area contributed by atoms with E-state index in [9.17, 15) is 19.5 Å². The molecule has 4 rings (SSSR count). The molecule has 2 aliphatic rings. The van der Waals surface area contributed by atoms with E-state index < -0.39 is 23.7 Å². The molecule has 1 fully saturated rings. The van der Waals surface area contributed by atoms with Crippen LogP contribution in [0, 0.1) is 11.8 Å². The number of carboxylic acids is 1. The Hall–Kier alpha value is -3.32. The Labute approximate surface area is 197 Å². The zero-order valence-electron chi connectivity index (χ0n) is 18.1. The maximum absolute atomic E-state index is 13.3. The molecule has 2 atom stereocenters. The quantitative estimate of drug-likeness (QED) is 0.684. The molecule has 33 heavy (non-hydrogen) atoms. The van der Waals surface area contributed by atoms with Crippen LogP contribution in [0.5, 0.6) is 0 Å².